The molecule has 1 rings (SSSR count). The second-order valence-corrected chi connectivity index (χ2v) is 3.30. The molecule has 0 radical (unpaired) electrons. The van der Waals surface area contributed by atoms with Crippen LogP contribution in [0.3, 0.4) is 0 Å². The van der Waals surface area contributed by atoms with Gasteiger partial charge in [0.2, 0.25) is 5.91 Å². The van der Waals surface area contributed by atoms with Gasteiger partial charge in [0, 0.05) is 13.7 Å². The third-order valence-electron chi connectivity index (χ3n) is 2.22. The van der Waals surface area contributed by atoms with Crippen molar-refractivity contribution in [3.8, 4) is 0 Å². The van der Waals surface area contributed by atoms with Gasteiger partial charge in [-0.3, -0.25) is 9.59 Å². The van der Waals surface area contributed by atoms with Gasteiger partial charge in [-0.1, -0.05) is 0 Å². The molecule has 1 N–H and O–H groups in total. The van der Waals surface area contributed by atoms with E-state index in [4.69, 9.17) is 4.74 Å². The molecule has 0 saturated heterocycles. The molecule has 0 bridgehead atoms. The van der Waals surface area contributed by atoms with E-state index in [-0.39, 0.29) is 5.91 Å². The monoisotopic (exact) mass is 225 g/mol. The van der Waals surface area contributed by atoms with Crippen molar-refractivity contribution in [2.45, 2.75) is 13.0 Å². The Morgan fingerprint density at radius 1 is 1.75 bits per heavy atom. The lowest BCUT2D eigenvalue weighted by molar-refractivity contribution is -0.124. The normalized spacial score (nSPS) is 12.1. The molecular formula is C10H15N3O3. The van der Waals surface area contributed by atoms with Gasteiger partial charge >= 0.3 is 0 Å². The third kappa shape index (κ3) is 2.90. The van der Waals surface area contributed by atoms with E-state index in [1.807, 2.05) is 0 Å². The van der Waals surface area contributed by atoms with Gasteiger partial charge in [-0.05, 0) is 6.92 Å². The Labute approximate surface area is 93.6 Å². The SMILES string of the molecule is COCCNC(=O)C(C)n1cncc1C=O. The van der Waals surface area contributed by atoms with Crippen LogP contribution in [0, 0.1) is 0 Å². The zero-order valence-electron chi connectivity index (χ0n) is 9.34. The van der Waals surface area contributed by atoms with E-state index < -0.39 is 6.04 Å². The minimum Gasteiger partial charge on any atom is -0.383 e. The Kier molecular flexibility index (Phi) is 4.65. The first-order valence-corrected chi connectivity index (χ1v) is 4.94. The van der Waals surface area contributed by atoms with Gasteiger partial charge in [0.1, 0.15) is 11.7 Å². The summed E-state index contributed by atoms with van der Waals surface area (Å²) in [5.74, 6) is -0.168. The van der Waals surface area contributed by atoms with Crippen molar-refractivity contribution < 1.29 is 14.3 Å². The molecule has 1 aromatic heterocycles. The Morgan fingerprint density at radius 2 is 2.50 bits per heavy atom. The van der Waals surface area contributed by atoms with Gasteiger partial charge in [-0.25, -0.2) is 4.98 Å². The maximum Gasteiger partial charge on any atom is 0.242 e. The summed E-state index contributed by atoms with van der Waals surface area (Å²) in [6, 6.07) is -0.459. The molecule has 0 saturated carbocycles. The van der Waals surface area contributed by atoms with Crippen molar-refractivity contribution in [1.29, 1.82) is 0 Å². The number of rotatable bonds is 6. The smallest absolute Gasteiger partial charge is 0.242 e. The number of aromatic nitrogens is 2. The molecule has 1 atom stereocenters. The molecule has 0 fully saturated rings. The predicted octanol–water partition coefficient (Wildman–Crippen LogP) is 0.0192. The lowest BCUT2D eigenvalue weighted by atomic mass is 10.3. The molecule has 16 heavy (non-hydrogen) atoms. The van der Waals surface area contributed by atoms with Gasteiger partial charge in [0.25, 0.3) is 0 Å². The summed E-state index contributed by atoms with van der Waals surface area (Å²) in [5, 5.41) is 2.69. The number of methoxy groups -OCH3 is 1. The molecule has 6 heteroatoms. The van der Waals surface area contributed by atoms with Gasteiger partial charge in [-0.15, -0.1) is 0 Å². The van der Waals surface area contributed by atoms with Crippen LogP contribution in [0.25, 0.3) is 0 Å². The highest BCUT2D eigenvalue weighted by Crippen LogP contribution is 2.08. The van der Waals surface area contributed by atoms with Crippen LogP contribution in [0.15, 0.2) is 12.5 Å². The first kappa shape index (κ1) is 12.4. The fourth-order valence-corrected chi connectivity index (χ4v) is 1.28. The Bertz CT molecular complexity index is 362. The van der Waals surface area contributed by atoms with Crippen molar-refractivity contribution >= 4 is 12.2 Å². The predicted molar refractivity (Wildman–Crippen MR) is 57.2 cm³/mol. The number of hydrogen-bond donors (Lipinski definition) is 1. The highest BCUT2D eigenvalue weighted by Gasteiger charge is 2.16. The molecule has 0 aliphatic rings. The Balaban J connectivity index is 2.59. The number of hydrogen-bond acceptors (Lipinski definition) is 4. The highest BCUT2D eigenvalue weighted by atomic mass is 16.5. The summed E-state index contributed by atoms with van der Waals surface area (Å²) in [4.78, 5) is 26.1. The van der Waals surface area contributed by atoms with E-state index >= 15 is 0 Å². The molecule has 0 aliphatic carbocycles. The summed E-state index contributed by atoms with van der Waals surface area (Å²) in [6.45, 7) is 2.62. The average Bonchev–Trinajstić information content (AvgIpc) is 2.76. The second kappa shape index (κ2) is 6.02. The van der Waals surface area contributed by atoms with Crippen molar-refractivity contribution in [2.24, 2.45) is 0 Å². The van der Waals surface area contributed by atoms with E-state index in [9.17, 15) is 9.59 Å². The van der Waals surface area contributed by atoms with Crippen molar-refractivity contribution in [2.75, 3.05) is 20.3 Å². The minimum absolute atomic E-state index is 0.168. The maximum atomic E-state index is 11.7. The zero-order valence-corrected chi connectivity index (χ0v) is 9.34. The highest BCUT2D eigenvalue weighted by molar-refractivity contribution is 5.81. The fraction of sp³-hybridized carbons (Fsp3) is 0.500. The van der Waals surface area contributed by atoms with Crippen LogP contribution in [0.5, 0.6) is 0 Å². The summed E-state index contributed by atoms with van der Waals surface area (Å²) >= 11 is 0. The molecule has 0 aliphatic heterocycles. The lowest BCUT2D eigenvalue weighted by Crippen LogP contribution is -2.33. The standard InChI is InChI=1S/C10H15N3O3/c1-8(10(15)12-3-4-16-2)13-7-11-5-9(13)6-14/h5-8H,3-4H2,1-2H3,(H,12,15). The topological polar surface area (TPSA) is 73.2 Å². The fourth-order valence-electron chi connectivity index (χ4n) is 1.28. The molecule has 1 unspecified atom stereocenters. The number of carbonyl (C=O) groups excluding carboxylic acids is 2. The van der Waals surface area contributed by atoms with Crippen molar-refractivity contribution in [3.05, 3.63) is 18.2 Å². The molecule has 0 spiro atoms. The Hall–Kier alpha value is -1.69. The van der Waals surface area contributed by atoms with E-state index in [0.29, 0.717) is 25.1 Å². The number of amides is 1. The summed E-state index contributed by atoms with van der Waals surface area (Å²) in [6.07, 6.45) is 3.56. The number of imidazole rings is 1. The van der Waals surface area contributed by atoms with Gasteiger partial charge < -0.3 is 14.6 Å². The molecule has 88 valence electrons. The number of carbonyl (C=O) groups is 2. The molecule has 1 heterocycles. The average molecular weight is 225 g/mol. The van der Waals surface area contributed by atoms with Crippen LogP contribution in [-0.4, -0.2) is 42.0 Å². The van der Waals surface area contributed by atoms with E-state index in [1.165, 1.54) is 17.1 Å². The largest absolute Gasteiger partial charge is 0.383 e. The molecule has 6 nitrogen and oxygen atoms in total. The number of ether oxygens (including phenoxy) is 1. The van der Waals surface area contributed by atoms with E-state index in [1.54, 1.807) is 14.0 Å². The third-order valence-corrected chi connectivity index (χ3v) is 2.22. The first-order chi connectivity index (χ1) is 7.70. The summed E-state index contributed by atoms with van der Waals surface area (Å²) in [7, 11) is 1.57. The number of nitrogens with zero attached hydrogens (tertiary/aromatic N) is 2. The van der Waals surface area contributed by atoms with E-state index in [2.05, 4.69) is 10.3 Å². The molecule has 0 aromatic carbocycles. The minimum atomic E-state index is -0.459. The summed E-state index contributed by atoms with van der Waals surface area (Å²) in [5.41, 5.74) is 0.384. The van der Waals surface area contributed by atoms with Gasteiger partial charge in [0.15, 0.2) is 6.29 Å². The molecular weight excluding hydrogens is 210 g/mol. The lowest BCUT2D eigenvalue weighted by Gasteiger charge is -2.14. The zero-order chi connectivity index (χ0) is 12.0. The number of nitrogens with one attached hydrogen (secondary N) is 1. The maximum absolute atomic E-state index is 11.7. The molecule has 1 amide bonds. The first-order valence-electron chi connectivity index (χ1n) is 4.94. The van der Waals surface area contributed by atoms with Crippen LogP contribution < -0.4 is 5.32 Å². The van der Waals surface area contributed by atoms with Crippen molar-refractivity contribution in [1.82, 2.24) is 14.9 Å². The second-order valence-electron chi connectivity index (χ2n) is 3.30. The van der Waals surface area contributed by atoms with Crippen LogP contribution in [-0.2, 0) is 9.53 Å². The van der Waals surface area contributed by atoms with Crippen LogP contribution in [0.1, 0.15) is 23.5 Å². The van der Waals surface area contributed by atoms with Crippen molar-refractivity contribution in [3.63, 3.8) is 0 Å². The van der Waals surface area contributed by atoms with Gasteiger partial charge in [-0.2, -0.15) is 0 Å². The van der Waals surface area contributed by atoms with E-state index in [0.717, 1.165) is 0 Å². The Morgan fingerprint density at radius 3 is 3.12 bits per heavy atom. The molecule has 1 aromatic rings. The van der Waals surface area contributed by atoms with Crippen LogP contribution in [0.2, 0.25) is 0 Å². The quantitative estimate of drug-likeness (QED) is 0.547. The van der Waals surface area contributed by atoms with Crippen LogP contribution in [0.4, 0.5) is 0 Å². The number of aldehydes is 1. The summed E-state index contributed by atoms with van der Waals surface area (Å²) < 4.78 is 6.34. The van der Waals surface area contributed by atoms with Gasteiger partial charge in [0.05, 0.1) is 19.1 Å². The van der Waals surface area contributed by atoms with Crippen LogP contribution >= 0.6 is 0 Å².